The highest BCUT2D eigenvalue weighted by atomic mass is 16.4. The van der Waals surface area contributed by atoms with Crippen LogP contribution in [0.5, 0.6) is 0 Å². The molecule has 17 heavy (non-hydrogen) atoms. The maximum Gasteiger partial charge on any atom is 0.325 e. The molecular formula is C10H17N3O4. The van der Waals surface area contributed by atoms with Crippen LogP contribution in [0.25, 0.3) is 0 Å². The molecule has 0 saturated carbocycles. The molecule has 0 unspecified atom stereocenters. The predicted molar refractivity (Wildman–Crippen MR) is 59.3 cm³/mol. The van der Waals surface area contributed by atoms with Gasteiger partial charge in [-0.25, -0.2) is 0 Å². The van der Waals surface area contributed by atoms with Crippen LogP contribution in [0.1, 0.15) is 19.8 Å². The number of carboxylic acids is 1. The van der Waals surface area contributed by atoms with Gasteiger partial charge in [-0.05, 0) is 26.3 Å². The summed E-state index contributed by atoms with van der Waals surface area (Å²) in [6, 6.07) is -1.19. The van der Waals surface area contributed by atoms with E-state index < -0.39 is 17.9 Å². The maximum atomic E-state index is 11.5. The Morgan fingerprint density at radius 1 is 1.47 bits per heavy atom. The lowest BCUT2D eigenvalue weighted by Crippen LogP contribution is -2.47. The van der Waals surface area contributed by atoms with Gasteiger partial charge < -0.3 is 21.1 Å². The Balaban J connectivity index is 2.23. The Bertz CT molecular complexity index is 313. The zero-order chi connectivity index (χ0) is 12.8. The molecule has 1 saturated heterocycles. The fourth-order valence-electron chi connectivity index (χ4n) is 1.55. The average Bonchev–Trinajstić information content (AvgIpc) is 2.79. The third-order valence-corrected chi connectivity index (χ3v) is 2.55. The van der Waals surface area contributed by atoms with Crippen molar-refractivity contribution >= 4 is 17.8 Å². The molecule has 1 heterocycles. The molecule has 1 aliphatic rings. The van der Waals surface area contributed by atoms with Gasteiger partial charge in [0.1, 0.15) is 6.04 Å². The molecule has 1 rings (SSSR count). The Labute approximate surface area is 98.9 Å². The standard InChI is InChI=1S/C10H17N3O4/c1-6(10(16)17)13-8(14)5-12-9(15)7-3-2-4-11-7/h6-7,11H,2-5H2,1H3,(H,12,15)(H,13,14)(H,16,17)/t6-,7+/m1/s1. The molecule has 7 nitrogen and oxygen atoms in total. The van der Waals surface area contributed by atoms with Crippen LogP contribution < -0.4 is 16.0 Å². The van der Waals surface area contributed by atoms with Gasteiger partial charge in [0.2, 0.25) is 11.8 Å². The van der Waals surface area contributed by atoms with E-state index in [-0.39, 0.29) is 18.5 Å². The second kappa shape index (κ2) is 6.19. The van der Waals surface area contributed by atoms with Crippen molar-refractivity contribution in [2.45, 2.75) is 31.8 Å². The highest BCUT2D eigenvalue weighted by Gasteiger charge is 2.22. The van der Waals surface area contributed by atoms with Crippen LogP contribution in [0.15, 0.2) is 0 Å². The number of nitrogens with one attached hydrogen (secondary N) is 3. The van der Waals surface area contributed by atoms with Crippen molar-refractivity contribution in [3.63, 3.8) is 0 Å². The fraction of sp³-hybridized carbons (Fsp3) is 0.700. The summed E-state index contributed by atoms with van der Waals surface area (Å²) in [5, 5.41) is 16.3. The number of hydrogen-bond donors (Lipinski definition) is 4. The van der Waals surface area contributed by atoms with Crippen LogP contribution in [0.3, 0.4) is 0 Å². The molecular weight excluding hydrogens is 226 g/mol. The summed E-state index contributed by atoms with van der Waals surface area (Å²) in [6.07, 6.45) is 1.71. The molecule has 1 fully saturated rings. The summed E-state index contributed by atoms with van der Waals surface area (Å²) in [5.74, 6) is -1.84. The summed E-state index contributed by atoms with van der Waals surface area (Å²) in [4.78, 5) is 33.2. The summed E-state index contributed by atoms with van der Waals surface area (Å²) < 4.78 is 0. The van der Waals surface area contributed by atoms with Gasteiger partial charge in [0, 0.05) is 0 Å². The minimum absolute atomic E-state index is 0.200. The van der Waals surface area contributed by atoms with E-state index in [1.807, 2.05) is 0 Å². The van der Waals surface area contributed by atoms with Crippen molar-refractivity contribution in [1.82, 2.24) is 16.0 Å². The Morgan fingerprint density at radius 2 is 2.18 bits per heavy atom. The van der Waals surface area contributed by atoms with Crippen LogP contribution >= 0.6 is 0 Å². The molecule has 96 valence electrons. The number of carboxylic acid groups (broad SMARTS) is 1. The van der Waals surface area contributed by atoms with Crippen molar-refractivity contribution in [3.05, 3.63) is 0 Å². The maximum absolute atomic E-state index is 11.5. The van der Waals surface area contributed by atoms with Crippen molar-refractivity contribution < 1.29 is 19.5 Å². The molecule has 2 amide bonds. The van der Waals surface area contributed by atoms with Crippen LogP contribution in [-0.4, -0.2) is 48.1 Å². The number of aliphatic carboxylic acids is 1. The number of rotatable bonds is 5. The van der Waals surface area contributed by atoms with E-state index in [1.54, 1.807) is 0 Å². The topological polar surface area (TPSA) is 108 Å². The molecule has 7 heteroatoms. The van der Waals surface area contributed by atoms with E-state index >= 15 is 0 Å². The van der Waals surface area contributed by atoms with Crippen molar-refractivity contribution in [2.24, 2.45) is 0 Å². The number of hydrogen-bond acceptors (Lipinski definition) is 4. The second-order valence-electron chi connectivity index (χ2n) is 3.99. The molecule has 4 N–H and O–H groups in total. The monoisotopic (exact) mass is 243 g/mol. The third kappa shape index (κ3) is 4.39. The molecule has 0 aromatic rings. The summed E-state index contributed by atoms with van der Waals surface area (Å²) in [5.41, 5.74) is 0. The lowest BCUT2D eigenvalue weighted by atomic mass is 10.2. The second-order valence-corrected chi connectivity index (χ2v) is 3.99. The first-order valence-corrected chi connectivity index (χ1v) is 5.54. The van der Waals surface area contributed by atoms with Gasteiger partial charge in [-0.2, -0.15) is 0 Å². The van der Waals surface area contributed by atoms with Crippen molar-refractivity contribution in [3.8, 4) is 0 Å². The predicted octanol–water partition coefficient (Wildman–Crippen LogP) is -1.56. The van der Waals surface area contributed by atoms with E-state index in [4.69, 9.17) is 5.11 Å². The highest BCUT2D eigenvalue weighted by molar-refractivity contribution is 5.89. The largest absolute Gasteiger partial charge is 0.480 e. The quantitative estimate of drug-likeness (QED) is 0.467. The molecule has 2 atom stereocenters. The highest BCUT2D eigenvalue weighted by Crippen LogP contribution is 2.03. The first kappa shape index (κ1) is 13.4. The Morgan fingerprint density at radius 3 is 2.71 bits per heavy atom. The van der Waals surface area contributed by atoms with Crippen LogP contribution in [0.2, 0.25) is 0 Å². The van der Waals surface area contributed by atoms with Gasteiger partial charge in [0.05, 0.1) is 12.6 Å². The van der Waals surface area contributed by atoms with Gasteiger partial charge >= 0.3 is 5.97 Å². The van der Waals surface area contributed by atoms with Gasteiger partial charge in [0.15, 0.2) is 0 Å². The number of carbonyl (C=O) groups excluding carboxylic acids is 2. The lowest BCUT2D eigenvalue weighted by Gasteiger charge is -2.12. The van der Waals surface area contributed by atoms with E-state index in [0.29, 0.717) is 0 Å². The Hall–Kier alpha value is -1.63. The van der Waals surface area contributed by atoms with Crippen molar-refractivity contribution in [2.75, 3.05) is 13.1 Å². The molecule has 1 aliphatic heterocycles. The molecule has 0 bridgehead atoms. The SMILES string of the molecule is C[C@@H](NC(=O)CNC(=O)[C@@H]1CCCN1)C(=O)O. The van der Waals surface area contributed by atoms with Gasteiger partial charge in [0.25, 0.3) is 0 Å². The van der Waals surface area contributed by atoms with E-state index in [2.05, 4.69) is 16.0 Å². The van der Waals surface area contributed by atoms with Crippen molar-refractivity contribution in [1.29, 1.82) is 0 Å². The zero-order valence-electron chi connectivity index (χ0n) is 9.66. The molecule has 0 spiro atoms. The summed E-state index contributed by atoms with van der Waals surface area (Å²) in [7, 11) is 0. The van der Waals surface area contributed by atoms with E-state index in [0.717, 1.165) is 19.4 Å². The molecule has 0 aromatic carbocycles. The average molecular weight is 243 g/mol. The zero-order valence-corrected chi connectivity index (χ0v) is 9.66. The first-order valence-electron chi connectivity index (χ1n) is 5.54. The number of carbonyl (C=O) groups is 3. The minimum atomic E-state index is -1.11. The first-order chi connectivity index (χ1) is 8.00. The summed E-state index contributed by atoms with van der Waals surface area (Å²) >= 11 is 0. The molecule has 0 aromatic heterocycles. The molecule has 0 radical (unpaired) electrons. The van der Waals surface area contributed by atoms with E-state index in [1.165, 1.54) is 6.92 Å². The van der Waals surface area contributed by atoms with Crippen LogP contribution in [-0.2, 0) is 14.4 Å². The summed E-state index contributed by atoms with van der Waals surface area (Å²) in [6.45, 7) is 1.97. The Kier molecular flexibility index (Phi) is 4.89. The third-order valence-electron chi connectivity index (χ3n) is 2.55. The smallest absolute Gasteiger partial charge is 0.325 e. The molecule has 0 aliphatic carbocycles. The van der Waals surface area contributed by atoms with E-state index in [9.17, 15) is 14.4 Å². The van der Waals surface area contributed by atoms with Gasteiger partial charge in [-0.1, -0.05) is 0 Å². The lowest BCUT2D eigenvalue weighted by molar-refractivity contribution is -0.141. The number of amides is 2. The van der Waals surface area contributed by atoms with Crippen LogP contribution in [0.4, 0.5) is 0 Å². The fourth-order valence-corrected chi connectivity index (χ4v) is 1.55. The minimum Gasteiger partial charge on any atom is -0.480 e. The normalized spacial score (nSPS) is 20.6. The van der Waals surface area contributed by atoms with Gasteiger partial charge in [-0.3, -0.25) is 14.4 Å². The van der Waals surface area contributed by atoms with Crippen LogP contribution in [0, 0.1) is 0 Å². The van der Waals surface area contributed by atoms with Gasteiger partial charge in [-0.15, -0.1) is 0 Å².